The molecule has 0 unspecified atom stereocenters. The van der Waals surface area contributed by atoms with E-state index in [0.29, 0.717) is 0 Å². The number of rotatable bonds is 4. The maximum Gasteiger partial charge on any atom is 0.0223 e. The number of nitrogens with one attached hydrogen (secondary N) is 1. The zero-order chi connectivity index (χ0) is 13.1. The molecule has 0 aromatic carbocycles. The van der Waals surface area contributed by atoms with Gasteiger partial charge in [-0.2, -0.15) is 0 Å². The molecule has 0 radical (unpaired) electrons. The van der Waals surface area contributed by atoms with Crippen molar-refractivity contribution in [3.8, 4) is 0 Å². The normalized spacial score (nSPS) is 24.4. The van der Waals surface area contributed by atoms with Gasteiger partial charge in [0.1, 0.15) is 0 Å². The lowest BCUT2D eigenvalue weighted by molar-refractivity contribution is 0.281. The predicted octanol–water partition coefficient (Wildman–Crippen LogP) is 3.56. The third kappa shape index (κ3) is 3.17. The third-order valence-corrected chi connectivity index (χ3v) is 4.76. The van der Waals surface area contributed by atoms with Crippen molar-refractivity contribution in [2.45, 2.75) is 53.0 Å². The zero-order valence-corrected chi connectivity index (χ0v) is 12.4. The van der Waals surface area contributed by atoms with Crippen LogP contribution in [0.4, 0.5) is 0 Å². The highest BCUT2D eigenvalue weighted by Gasteiger charge is 2.17. The first kappa shape index (κ1) is 13.7. The zero-order valence-electron chi connectivity index (χ0n) is 12.4. The Labute approximate surface area is 112 Å². The fraction of sp³-hybridized carbons (Fsp3) is 0.750. The molecule has 2 nitrogen and oxygen atoms in total. The number of hydrogen-bond donors (Lipinski definition) is 1. The van der Waals surface area contributed by atoms with E-state index in [1.165, 1.54) is 49.2 Å². The van der Waals surface area contributed by atoms with Crippen LogP contribution in [0, 0.1) is 25.7 Å². The Hall–Kier alpha value is -0.760. The Morgan fingerprint density at radius 3 is 2.44 bits per heavy atom. The second kappa shape index (κ2) is 5.92. The number of aryl methyl sites for hydroxylation is 1. The lowest BCUT2D eigenvalue weighted by atomic mass is 9.83. The van der Waals surface area contributed by atoms with Crippen LogP contribution in [0.1, 0.15) is 49.6 Å². The van der Waals surface area contributed by atoms with Gasteiger partial charge in [-0.3, -0.25) is 0 Å². The minimum Gasteiger partial charge on any atom is -0.352 e. The van der Waals surface area contributed by atoms with Gasteiger partial charge in [-0.25, -0.2) is 0 Å². The third-order valence-electron chi connectivity index (χ3n) is 4.76. The van der Waals surface area contributed by atoms with Gasteiger partial charge in [0, 0.05) is 25.0 Å². The molecule has 0 atom stereocenters. The van der Waals surface area contributed by atoms with E-state index in [2.05, 4.69) is 43.8 Å². The van der Waals surface area contributed by atoms with Gasteiger partial charge in [0.15, 0.2) is 0 Å². The van der Waals surface area contributed by atoms with Crippen molar-refractivity contribution in [2.75, 3.05) is 6.54 Å². The molecular weight excluding hydrogens is 220 g/mol. The summed E-state index contributed by atoms with van der Waals surface area (Å²) in [7, 11) is 2.15. The summed E-state index contributed by atoms with van der Waals surface area (Å²) in [4.78, 5) is 0. The summed E-state index contributed by atoms with van der Waals surface area (Å²) >= 11 is 0. The van der Waals surface area contributed by atoms with Gasteiger partial charge in [0.25, 0.3) is 0 Å². The van der Waals surface area contributed by atoms with Crippen molar-refractivity contribution >= 4 is 0 Å². The summed E-state index contributed by atoms with van der Waals surface area (Å²) in [5, 5.41) is 3.65. The number of nitrogens with zero attached hydrogens (tertiary/aromatic N) is 1. The van der Waals surface area contributed by atoms with Gasteiger partial charge in [0.05, 0.1) is 0 Å². The Bertz CT molecular complexity index is 384. The minimum absolute atomic E-state index is 0.909. The van der Waals surface area contributed by atoms with Crippen LogP contribution in [0.5, 0.6) is 0 Å². The highest BCUT2D eigenvalue weighted by molar-refractivity contribution is 5.26. The molecule has 0 amide bonds. The predicted molar refractivity (Wildman–Crippen MR) is 77.7 cm³/mol. The Morgan fingerprint density at radius 2 is 1.89 bits per heavy atom. The van der Waals surface area contributed by atoms with Crippen molar-refractivity contribution < 1.29 is 0 Å². The average molecular weight is 248 g/mol. The molecule has 1 aromatic heterocycles. The molecule has 0 aliphatic heterocycles. The van der Waals surface area contributed by atoms with Crippen molar-refractivity contribution in [2.24, 2.45) is 18.9 Å². The van der Waals surface area contributed by atoms with E-state index in [4.69, 9.17) is 0 Å². The summed E-state index contributed by atoms with van der Waals surface area (Å²) in [5.41, 5.74) is 4.22. The smallest absolute Gasteiger partial charge is 0.0223 e. The molecule has 1 aliphatic carbocycles. The summed E-state index contributed by atoms with van der Waals surface area (Å²) < 4.78 is 2.28. The van der Waals surface area contributed by atoms with E-state index < -0.39 is 0 Å². The highest BCUT2D eigenvalue weighted by atomic mass is 15.0. The maximum atomic E-state index is 3.65. The van der Waals surface area contributed by atoms with E-state index in [0.717, 1.165) is 18.4 Å². The Morgan fingerprint density at radius 1 is 1.22 bits per heavy atom. The first-order valence-electron chi connectivity index (χ1n) is 7.40. The van der Waals surface area contributed by atoms with Crippen LogP contribution in [-0.2, 0) is 13.6 Å². The van der Waals surface area contributed by atoms with Crippen LogP contribution in [0.25, 0.3) is 0 Å². The molecule has 1 heterocycles. The van der Waals surface area contributed by atoms with Gasteiger partial charge in [-0.1, -0.05) is 19.8 Å². The van der Waals surface area contributed by atoms with Gasteiger partial charge >= 0.3 is 0 Å². The Balaban J connectivity index is 1.76. The van der Waals surface area contributed by atoms with Crippen molar-refractivity contribution in [1.29, 1.82) is 0 Å². The molecule has 1 aliphatic rings. The number of aromatic nitrogens is 1. The van der Waals surface area contributed by atoms with Crippen LogP contribution in [0.2, 0.25) is 0 Å². The molecule has 0 spiro atoms. The molecule has 1 aromatic rings. The summed E-state index contributed by atoms with van der Waals surface area (Å²) in [6.45, 7) is 9.00. The van der Waals surface area contributed by atoms with E-state index in [-0.39, 0.29) is 0 Å². The quantitative estimate of drug-likeness (QED) is 0.862. The van der Waals surface area contributed by atoms with E-state index in [1.54, 1.807) is 0 Å². The second-order valence-corrected chi connectivity index (χ2v) is 6.21. The van der Waals surface area contributed by atoms with E-state index >= 15 is 0 Å². The monoisotopic (exact) mass is 248 g/mol. The molecule has 102 valence electrons. The highest BCUT2D eigenvalue weighted by Crippen LogP contribution is 2.27. The van der Waals surface area contributed by atoms with Crippen LogP contribution in [0.15, 0.2) is 6.07 Å². The molecule has 1 N–H and O–H groups in total. The first-order chi connectivity index (χ1) is 8.58. The molecule has 2 rings (SSSR count). The van der Waals surface area contributed by atoms with Crippen molar-refractivity contribution in [3.05, 3.63) is 23.0 Å². The van der Waals surface area contributed by atoms with Crippen molar-refractivity contribution in [3.63, 3.8) is 0 Å². The molecule has 0 bridgehead atoms. The van der Waals surface area contributed by atoms with Gasteiger partial charge < -0.3 is 9.88 Å². The second-order valence-electron chi connectivity index (χ2n) is 6.21. The van der Waals surface area contributed by atoms with Crippen molar-refractivity contribution in [1.82, 2.24) is 9.88 Å². The summed E-state index contributed by atoms with van der Waals surface area (Å²) in [6.07, 6.45) is 5.69. The van der Waals surface area contributed by atoms with Gasteiger partial charge in [0.2, 0.25) is 0 Å². The fourth-order valence-corrected chi connectivity index (χ4v) is 3.06. The molecule has 18 heavy (non-hydrogen) atoms. The van der Waals surface area contributed by atoms with Gasteiger partial charge in [-0.05, 0) is 56.7 Å². The van der Waals surface area contributed by atoms with E-state index in [1.807, 2.05) is 0 Å². The first-order valence-corrected chi connectivity index (χ1v) is 7.40. The molecule has 0 saturated heterocycles. The summed E-state index contributed by atoms with van der Waals surface area (Å²) in [6, 6.07) is 2.31. The average Bonchev–Trinajstić information content (AvgIpc) is 2.60. The SMILES string of the molecule is Cc1cc(CNCC2CCC(C)CC2)c(C)n1C. The topological polar surface area (TPSA) is 17.0 Å². The molecular formula is C16H28N2. The molecule has 1 fully saturated rings. The molecule has 2 heteroatoms. The van der Waals surface area contributed by atoms with Crippen LogP contribution in [0.3, 0.4) is 0 Å². The molecule has 1 saturated carbocycles. The van der Waals surface area contributed by atoms with Crippen LogP contribution < -0.4 is 5.32 Å². The minimum atomic E-state index is 0.909. The standard InChI is InChI=1S/C16H28N2/c1-12-5-7-15(8-6-12)10-17-11-16-9-13(2)18(4)14(16)3/h9,12,15,17H,5-8,10-11H2,1-4H3. The van der Waals surface area contributed by atoms with E-state index in [9.17, 15) is 0 Å². The maximum absolute atomic E-state index is 3.65. The lowest BCUT2D eigenvalue weighted by Crippen LogP contribution is -2.25. The van der Waals surface area contributed by atoms with Crippen LogP contribution >= 0.6 is 0 Å². The van der Waals surface area contributed by atoms with Crippen LogP contribution in [-0.4, -0.2) is 11.1 Å². The summed E-state index contributed by atoms with van der Waals surface area (Å²) in [5.74, 6) is 1.87. The lowest BCUT2D eigenvalue weighted by Gasteiger charge is -2.26. The number of hydrogen-bond acceptors (Lipinski definition) is 1. The Kier molecular flexibility index (Phi) is 4.50. The largest absolute Gasteiger partial charge is 0.352 e. The van der Waals surface area contributed by atoms with Gasteiger partial charge in [-0.15, -0.1) is 0 Å². The fourth-order valence-electron chi connectivity index (χ4n) is 3.06.